The van der Waals surface area contributed by atoms with Gasteiger partial charge in [0, 0.05) is 12.6 Å². The average Bonchev–Trinajstić information content (AvgIpc) is 3.17. The molecule has 0 bridgehead atoms. The van der Waals surface area contributed by atoms with Gasteiger partial charge in [-0.25, -0.2) is 8.42 Å². The normalized spacial score (nSPS) is 24.7. The predicted octanol–water partition coefficient (Wildman–Crippen LogP) is 0.801. The number of nitrogens with one attached hydrogen (secondary N) is 1. The van der Waals surface area contributed by atoms with E-state index in [1.807, 2.05) is 0 Å². The van der Waals surface area contributed by atoms with E-state index in [-0.39, 0.29) is 41.7 Å². The summed E-state index contributed by atoms with van der Waals surface area (Å²) in [5.41, 5.74) is 0.858. The van der Waals surface area contributed by atoms with Crippen LogP contribution in [0.15, 0.2) is 29.2 Å². The van der Waals surface area contributed by atoms with Crippen LogP contribution < -0.4 is 10.1 Å². The number of fused-ring (bicyclic) bond motifs is 2. The van der Waals surface area contributed by atoms with E-state index in [0.29, 0.717) is 17.9 Å². The molecule has 0 radical (unpaired) electrons. The second-order valence-corrected chi connectivity index (χ2v) is 8.48. The highest BCUT2D eigenvalue weighted by atomic mass is 32.2. The van der Waals surface area contributed by atoms with Gasteiger partial charge in [-0.15, -0.1) is 0 Å². The molecule has 2 aliphatic heterocycles. The van der Waals surface area contributed by atoms with Gasteiger partial charge < -0.3 is 10.1 Å². The molecule has 1 aromatic carbocycles. The number of hydrogen-bond acceptors (Lipinski definition) is 7. The van der Waals surface area contributed by atoms with Crippen molar-refractivity contribution in [3.05, 3.63) is 35.7 Å². The van der Waals surface area contributed by atoms with Crippen LogP contribution in [-0.4, -0.2) is 52.6 Å². The first-order valence-corrected chi connectivity index (χ1v) is 9.97. The number of ether oxygens (including phenoxy) is 1. The first-order chi connectivity index (χ1) is 12.0. The maximum Gasteiger partial charge on any atom is 0.273 e. The maximum absolute atomic E-state index is 12.9. The fraction of sp³-hybridized carbons (Fsp3) is 0.400. The van der Waals surface area contributed by atoms with Crippen molar-refractivity contribution < 1.29 is 17.9 Å². The quantitative estimate of drug-likeness (QED) is 0.827. The van der Waals surface area contributed by atoms with Gasteiger partial charge >= 0.3 is 0 Å². The van der Waals surface area contributed by atoms with E-state index in [9.17, 15) is 13.2 Å². The molecule has 1 N–H and O–H groups in total. The van der Waals surface area contributed by atoms with Crippen molar-refractivity contribution in [1.82, 2.24) is 18.4 Å². The second kappa shape index (κ2) is 6.04. The lowest BCUT2D eigenvalue weighted by molar-refractivity contribution is 0.0934. The molecule has 0 aliphatic carbocycles. The Labute approximate surface area is 149 Å². The topological polar surface area (TPSA) is 101 Å². The average molecular weight is 380 g/mol. The zero-order chi connectivity index (χ0) is 17.6. The number of carbonyl (C=O) groups excluding carboxylic acids is 1. The van der Waals surface area contributed by atoms with Gasteiger partial charge in [0.1, 0.15) is 17.3 Å². The van der Waals surface area contributed by atoms with Crippen LogP contribution in [0.2, 0.25) is 0 Å². The van der Waals surface area contributed by atoms with Crippen LogP contribution in [-0.2, 0) is 10.0 Å². The Morgan fingerprint density at radius 2 is 2.16 bits per heavy atom. The molecule has 4 rings (SSSR count). The number of nitrogens with zero attached hydrogens (tertiary/aromatic N) is 3. The number of carbonyl (C=O) groups is 1. The number of sulfonamides is 1. The first kappa shape index (κ1) is 16.4. The monoisotopic (exact) mass is 380 g/mol. The van der Waals surface area contributed by atoms with E-state index < -0.39 is 10.0 Å². The molecule has 10 heteroatoms. The summed E-state index contributed by atoms with van der Waals surface area (Å²) in [5.74, 6) is 0.0503. The largest absolute Gasteiger partial charge is 0.490 e. The Morgan fingerprint density at radius 3 is 2.92 bits per heavy atom. The zero-order valence-electron chi connectivity index (χ0n) is 13.4. The molecule has 3 heterocycles. The molecule has 2 aliphatic rings. The summed E-state index contributed by atoms with van der Waals surface area (Å²) in [7, 11) is -3.66. The van der Waals surface area contributed by atoms with Gasteiger partial charge in [-0.05, 0) is 25.5 Å². The molecule has 0 unspecified atom stereocenters. The van der Waals surface area contributed by atoms with Gasteiger partial charge in [-0.3, -0.25) is 4.79 Å². The standard InChI is InChI=1S/C15H16N4O4S2/c1-9-14(18-24-17-9)15(20)16-10-6-11-8-23-12-4-2-3-5-13(12)25(21,22)19(11)7-10/h2-5,10-11H,6-8H2,1H3,(H,16,20)/t10-,11-/m0/s1. The number of aromatic nitrogens is 2. The van der Waals surface area contributed by atoms with Gasteiger partial charge in [0.2, 0.25) is 10.0 Å². The van der Waals surface area contributed by atoms with E-state index in [1.165, 1.54) is 4.31 Å². The van der Waals surface area contributed by atoms with Crippen molar-refractivity contribution in [3.63, 3.8) is 0 Å². The molecule has 132 valence electrons. The lowest BCUT2D eigenvalue weighted by Crippen LogP contribution is -2.39. The summed E-state index contributed by atoms with van der Waals surface area (Å²) in [6, 6.07) is 6.03. The lowest BCUT2D eigenvalue weighted by Gasteiger charge is -2.19. The first-order valence-electron chi connectivity index (χ1n) is 7.80. The fourth-order valence-corrected chi connectivity index (χ4v) is 5.57. The Kier molecular flexibility index (Phi) is 3.97. The molecule has 2 atom stereocenters. The molecule has 1 fully saturated rings. The predicted molar refractivity (Wildman–Crippen MR) is 90.1 cm³/mol. The molecule has 25 heavy (non-hydrogen) atoms. The molecule has 8 nitrogen and oxygen atoms in total. The Morgan fingerprint density at radius 1 is 1.36 bits per heavy atom. The lowest BCUT2D eigenvalue weighted by atomic mass is 10.1. The Balaban J connectivity index is 1.56. The van der Waals surface area contributed by atoms with Crippen LogP contribution in [0.5, 0.6) is 5.75 Å². The summed E-state index contributed by atoms with van der Waals surface area (Å²) >= 11 is 0.980. The molecule has 1 aromatic heterocycles. The summed E-state index contributed by atoms with van der Waals surface area (Å²) in [4.78, 5) is 12.5. The zero-order valence-corrected chi connectivity index (χ0v) is 15.0. The van der Waals surface area contributed by atoms with Crippen molar-refractivity contribution in [1.29, 1.82) is 0 Å². The smallest absolute Gasteiger partial charge is 0.273 e. The number of hydrogen-bond donors (Lipinski definition) is 1. The number of rotatable bonds is 2. The van der Waals surface area contributed by atoms with E-state index >= 15 is 0 Å². The SMILES string of the molecule is Cc1nsnc1C(=O)N[C@H]1C[C@H]2COc3ccccc3S(=O)(=O)N2C1. The third-order valence-electron chi connectivity index (χ3n) is 4.43. The molecular formula is C15H16N4O4S2. The van der Waals surface area contributed by atoms with Gasteiger partial charge in [-0.2, -0.15) is 13.1 Å². The minimum absolute atomic E-state index is 0.170. The van der Waals surface area contributed by atoms with Crippen molar-refractivity contribution in [3.8, 4) is 5.75 Å². The van der Waals surface area contributed by atoms with E-state index in [0.717, 1.165) is 11.7 Å². The van der Waals surface area contributed by atoms with E-state index in [4.69, 9.17) is 4.74 Å². The van der Waals surface area contributed by atoms with Crippen molar-refractivity contribution in [2.45, 2.75) is 30.3 Å². The van der Waals surface area contributed by atoms with Crippen LogP contribution in [0.3, 0.4) is 0 Å². The summed E-state index contributed by atoms with van der Waals surface area (Å²) in [6.45, 7) is 2.20. The molecular weight excluding hydrogens is 364 g/mol. The summed E-state index contributed by atoms with van der Waals surface area (Å²) in [5, 5.41) is 2.86. The van der Waals surface area contributed by atoms with Crippen molar-refractivity contribution in [2.75, 3.05) is 13.2 Å². The van der Waals surface area contributed by atoms with Crippen LogP contribution >= 0.6 is 11.7 Å². The minimum atomic E-state index is -3.66. The molecule has 2 aromatic rings. The number of amides is 1. The Bertz CT molecular complexity index is 927. The number of aryl methyl sites for hydroxylation is 1. The third-order valence-corrected chi connectivity index (χ3v) is 7.01. The highest BCUT2D eigenvalue weighted by Crippen LogP contribution is 2.35. The Hall–Kier alpha value is -2.04. The minimum Gasteiger partial charge on any atom is -0.490 e. The molecule has 0 saturated carbocycles. The highest BCUT2D eigenvalue weighted by molar-refractivity contribution is 7.89. The van der Waals surface area contributed by atoms with Crippen LogP contribution in [0.25, 0.3) is 0 Å². The molecule has 1 amide bonds. The van der Waals surface area contributed by atoms with E-state index in [2.05, 4.69) is 14.1 Å². The maximum atomic E-state index is 12.9. The summed E-state index contributed by atoms with van der Waals surface area (Å²) in [6.07, 6.45) is 0.496. The van der Waals surface area contributed by atoms with Crippen LogP contribution in [0, 0.1) is 6.92 Å². The molecule has 0 spiro atoms. The van der Waals surface area contributed by atoms with Crippen molar-refractivity contribution in [2.24, 2.45) is 0 Å². The summed E-state index contributed by atoms with van der Waals surface area (Å²) < 4.78 is 41.0. The number of para-hydroxylation sites is 1. The van der Waals surface area contributed by atoms with Gasteiger partial charge in [0.25, 0.3) is 5.91 Å². The van der Waals surface area contributed by atoms with Crippen molar-refractivity contribution >= 4 is 27.7 Å². The molecule has 1 saturated heterocycles. The van der Waals surface area contributed by atoms with E-state index in [1.54, 1.807) is 31.2 Å². The van der Waals surface area contributed by atoms with Gasteiger partial charge in [0.05, 0.1) is 23.5 Å². The second-order valence-electron chi connectivity index (χ2n) is 6.09. The van der Waals surface area contributed by atoms with Crippen LogP contribution in [0.4, 0.5) is 0 Å². The van der Waals surface area contributed by atoms with Gasteiger partial charge in [0.15, 0.2) is 5.69 Å². The van der Waals surface area contributed by atoms with Crippen LogP contribution in [0.1, 0.15) is 22.6 Å². The highest BCUT2D eigenvalue weighted by Gasteiger charge is 2.44. The third kappa shape index (κ3) is 2.79. The fourth-order valence-electron chi connectivity index (χ4n) is 3.22. The van der Waals surface area contributed by atoms with Gasteiger partial charge in [-0.1, -0.05) is 12.1 Å². The number of benzene rings is 1.